The van der Waals surface area contributed by atoms with E-state index in [9.17, 15) is 26.0 Å². The molecule has 0 aliphatic carbocycles. The SMILES string of the molecule is CN1CC[C@@H](Oc2cc(NS(=O)(=O)c3cc(Cl)c(-c4ccc(F)cc4)s3)ccc2C(F)(F)F)C1. The number of likely N-dealkylation sites (N-methyl/N-ethyl adjacent to an activating group) is 1. The molecule has 5 nitrogen and oxygen atoms in total. The predicted octanol–water partition coefficient (Wildman–Crippen LogP) is 6.11. The first-order chi connectivity index (χ1) is 15.9. The molecule has 4 rings (SSSR count). The van der Waals surface area contributed by atoms with Crippen LogP contribution in [0.2, 0.25) is 5.02 Å². The van der Waals surface area contributed by atoms with Crippen LogP contribution in [0.4, 0.5) is 23.2 Å². The summed E-state index contributed by atoms with van der Waals surface area (Å²) in [5.74, 6) is -0.889. The molecule has 1 saturated heterocycles. The second kappa shape index (κ2) is 9.37. The van der Waals surface area contributed by atoms with Gasteiger partial charge in [0.2, 0.25) is 0 Å². The maximum absolute atomic E-state index is 13.5. The van der Waals surface area contributed by atoms with Gasteiger partial charge < -0.3 is 9.64 Å². The van der Waals surface area contributed by atoms with Crippen LogP contribution in [-0.2, 0) is 16.2 Å². The molecule has 0 radical (unpaired) electrons. The molecule has 12 heteroatoms. The highest BCUT2D eigenvalue weighted by Gasteiger charge is 2.36. The van der Waals surface area contributed by atoms with Crippen LogP contribution >= 0.6 is 22.9 Å². The van der Waals surface area contributed by atoms with Gasteiger partial charge in [-0.25, -0.2) is 12.8 Å². The smallest absolute Gasteiger partial charge is 0.419 e. The second-order valence-corrected chi connectivity index (χ2v) is 11.2. The van der Waals surface area contributed by atoms with Gasteiger partial charge in [0.15, 0.2) is 0 Å². The number of nitrogens with one attached hydrogen (secondary N) is 1. The van der Waals surface area contributed by atoms with Gasteiger partial charge in [-0.05, 0) is 49.4 Å². The molecule has 0 bridgehead atoms. The number of ether oxygens (including phenoxy) is 1. The van der Waals surface area contributed by atoms with Crippen molar-refractivity contribution in [3.05, 3.63) is 64.9 Å². The summed E-state index contributed by atoms with van der Waals surface area (Å²) in [6.45, 7) is 1.15. The van der Waals surface area contributed by atoms with Gasteiger partial charge in [0.1, 0.15) is 21.9 Å². The molecule has 0 amide bonds. The highest BCUT2D eigenvalue weighted by molar-refractivity contribution is 7.94. The van der Waals surface area contributed by atoms with Crippen molar-refractivity contribution in [2.24, 2.45) is 0 Å². The minimum Gasteiger partial charge on any atom is -0.488 e. The van der Waals surface area contributed by atoms with E-state index in [2.05, 4.69) is 4.72 Å². The maximum atomic E-state index is 13.5. The van der Waals surface area contributed by atoms with Gasteiger partial charge in [-0.3, -0.25) is 4.72 Å². The number of thiophene rings is 1. The van der Waals surface area contributed by atoms with Crippen molar-refractivity contribution in [1.82, 2.24) is 4.90 Å². The molecule has 0 saturated carbocycles. The molecule has 1 aromatic heterocycles. The lowest BCUT2D eigenvalue weighted by molar-refractivity contribution is -0.139. The summed E-state index contributed by atoms with van der Waals surface area (Å²) >= 11 is 7.07. The Morgan fingerprint density at radius 3 is 2.47 bits per heavy atom. The van der Waals surface area contributed by atoms with E-state index in [1.165, 1.54) is 30.3 Å². The quantitative estimate of drug-likeness (QED) is 0.388. The molecular weight excluding hydrogens is 516 g/mol. The molecule has 1 fully saturated rings. The molecule has 1 atom stereocenters. The lowest BCUT2D eigenvalue weighted by Gasteiger charge is -2.19. The topological polar surface area (TPSA) is 58.6 Å². The van der Waals surface area contributed by atoms with Gasteiger partial charge in [-0.1, -0.05) is 23.7 Å². The van der Waals surface area contributed by atoms with Crippen LogP contribution in [-0.4, -0.2) is 39.6 Å². The van der Waals surface area contributed by atoms with Crippen LogP contribution in [0.3, 0.4) is 0 Å². The first-order valence-electron chi connectivity index (χ1n) is 10.1. The van der Waals surface area contributed by atoms with Gasteiger partial charge in [0.05, 0.1) is 21.2 Å². The van der Waals surface area contributed by atoms with Gasteiger partial charge in [-0.15, -0.1) is 11.3 Å². The van der Waals surface area contributed by atoms with Crippen LogP contribution in [0.25, 0.3) is 10.4 Å². The number of alkyl halides is 3. The third kappa shape index (κ3) is 5.48. The Bertz CT molecular complexity index is 1290. The number of rotatable bonds is 6. The molecule has 182 valence electrons. The molecule has 3 aromatic rings. The van der Waals surface area contributed by atoms with Crippen LogP contribution in [0.15, 0.2) is 52.7 Å². The van der Waals surface area contributed by atoms with Crippen LogP contribution in [0.1, 0.15) is 12.0 Å². The average Bonchev–Trinajstić information content (AvgIpc) is 3.33. The molecule has 1 aliphatic heterocycles. The number of anilines is 1. The van der Waals surface area contributed by atoms with E-state index in [-0.39, 0.29) is 14.9 Å². The number of benzene rings is 2. The lowest BCUT2D eigenvalue weighted by atomic mass is 10.1. The van der Waals surface area contributed by atoms with E-state index >= 15 is 0 Å². The Morgan fingerprint density at radius 1 is 1.15 bits per heavy atom. The fourth-order valence-electron chi connectivity index (χ4n) is 3.57. The normalized spacial score (nSPS) is 17.2. The van der Waals surface area contributed by atoms with Crippen LogP contribution < -0.4 is 9.46 Å². The Morgan fingerprint density at radius 2 is 1.85 bits per heavy atom. The first kappa shape index (κ1) is 24.8. The van der Waals surface area contributed by atoms with Gasteiger partial charge in [0.25, 0.3) is 10.0 Å². The van der Waals surface area contributed by atoms with Crippen LogP contribution in [0.5, 0.6) is 5.75 Å². The van der Waals surface area contributed by atoms with E-state index in [0.29, 0.717) is 30.0 Å². The Labute approximate surface area is 203 Å². The summed E-state index contributed by atoms with van der Waals surface area (Å²) in [7, 11) is -2.33. The number of likely N-dealkylation sites (tertiary alicyclic amines) is 1. The van der Waals surface area contributed by atoms with Crippen molar-refractivity contribution in [2.45, 2.75) is 22.9 Å². The highest BCUT2D eigenvalue weighted by atomic mass is 35.5. The third-order valence-corrected chi connectivity index (χ3v) is 8.67. The van der Waals surface area contributed by atoms with E-state index in [4.69, 9.17) is 16.3 Å². The average molecular weight is 535 g/mol. The van der Waals surface area contributed by atoms with E-state index in [1.807, 2.05) is 11.9 Å². The summed E-state index contributed by atoms with van der Waals surface area (Å²) in [5, 5.41) is 0.152. The summed E-state index contributed by atoms with van der Waals surface area (Å²) in [5.41, 5.74) is -0.533. The van der Waals surface area contributed by atoms with Crippen molar-refractivity contribution in [1.29, 1.82) is 0 Å². The molecule has 0 unspecified atom stereocenters. The van der Waals surface area contributed by atoms with E-state index < -0.39 is 39.4 Å². The Kier molecular flexibility index (Phi) is 6.83. The standard InChI is InChI=1S/C22H19ClF4N2O3S2/c1-29-9-8-16(12-29)32-19-10-15(6-7-17(19)22(25,26)27)28-34(30,31)20-11-18(23)21(33-20)13-2-4-14(24)5-3-13/h2-7,10-11,16,28H,8-9,12H2,1H3/t16-/m1/s1. The van der Waals surface area contributed by atoms with Crippen molar-refractivity contribution in [2.75, 3.05) is 24.9 Å². The highest BCUT2D eigenvalue weighted by Crippen LogP contribution is 2.41. The Hall–Kier alpha value is -2.34. The Balaban J connectivity index is 1.62. The monoisotopic (exact) mass is 534 g/mol. The second-order valence-electron chi connectivity index (χ2n) is 7.85. The first-order valence-corrected chi connectivity index (χ1v) is 12.7. The van der Waals surface area contributed by atoms with Crippen molar-refractivity contribution >= 4 is 38.6 Å². The van der Waals surface area contributed by atoms with Crippen molar-refractivity contribution in [3.8, 4) is 16.2 Å². The summed E-state index contributed by atoms with van der Waals surface area (Å²) in [6, 6.07) is 9.49. The van der Waals surface area contributed by atoms with Crippen molar-refractivity contribution in [3.63, 3.8) is 0 Å². The molecule has 34 heavy (non-hydrogen) atoms. The van der Waals surface area contributed by atoms with E-state index in [1.54, 1.807) is 0 Å². The molecule has 1 aliphatic rings. The third-order valence-electron chi connectivity index (χ3n) is 5.22. The van der Waals surface area contributed by atoms with Gasteiger partial charge in [-0.2, -0.15) is 13.2 Å². The predicted molar refractivity (Wildman–Crippen MR) is 124 cm³/mol. The zero-order valence-corrected chi connectivity index (χ0v) is 20.1. The number of hydrogen-bond acceptors (Lipinski definition) is 5. The molecule has 0 spiro atoms. The van der Waals surface area contributed by atoms with Crippen molar-refractivity contribution < 1.29 is 30.7 Å². The van der Waals surface area contributed by atoms with Crippen LogP contribution in [0, 0.1) is 5.82 Å². The lowest BCUT2D eigenvalue weighted by Crippen LogP contribution is -2.23. The van der Waals surface area contributed by atoms with Gasteiger partial charge in [0, 0.05) is 19.2 Å². The number of hydrogen-bond donors (Lipinski definition) is 1. The minimum absolute atomic E-state index is 0.0813. The van der Waals surface area contributed by atoms with E-state index in [0.717, 1.165) is 29.5 Å². The molecule has 2 aromatic carbocycles. The molecule has 1 N–H and O–H groups in total. The fraction of sp³-hybridized carbons (Fsp3) is 0.273. The minimum atomic E-state index is -4.66. The largest absolute Gasteiger partial charge is 0.488 e. The molecule has 2 heterocycles. The zero-order chi connectivity index (χ0) is 24.7. The number of sulfonamides is 1. The fourth-order valence-corrected chi connectivity index (χ4v) is 6.45. The summed E-state index contributed by atoms with van der Waals surface area (Å²) in [6.07, 6.45) is -4.54. The molecular formula is C22H19ClF4N2O3S2. The zero-order valence-electron chi connectivity index (χ0n) is 17.7. The number of nitrogens with zero attached hydrogens (tertiary/aromatic N) is 1. The van der Waals surface area contributed by atoms with Gasteiger partial charge >= 0.3 is 6.18 Å². The summed E-state index contributed by atoms with van der Waals surface area (Å²) < 4.78 is 87.4. The number of halogens is 5. The maximum Gasteiger partial charge on any atom is 0.419 e. The summed E-state index contributed by atoms with van der Waals surface area (Å²) in [4.78, 5) is 2.35.